The van der Waals surface area contributed by atoms with Gasteiger partial charge in [0.1, 0.15) is 17.2 Å². The molecule has 3 aromatic rings. The lowest BCUT2D eigenvalue weighted by Crippen LogP contribution is -2.14. The molecule has 0 aliphatic heterocycles. The molecule has 4 heteroatoms. The summed E-state index contributed by atoms with van der Waals surface area (Å²) in [5.74, 6) is 1.58. The third kappa shape index (κ3) is 3.75. The topological polar surface area (TPSA) is 46.4 Å². The standard InChI is InChI=1S/C23H27N3O/c1-16-13-14-26-20(15-16)24-22(19-10-6-3-7-17(19)2)23(26)25-21(27)12-11-18-8-4-5-9-18/h3,6-7,10,13-15,18H,4-5,8-9,11-12H2,1-2H3,(H,25,27). The molecule has 1 aliphatic rings. The summed E-state index contributed by atoms with van der Waals surface area (Å²) in [5.41, 5.74) is 5.07. The largest absolute Gasteiger partial charge is 0.310 e. The molecule has 4 rings (SSSR count). The van der Waals surface area contributed by atoms with E-state index in [1.54, 1.807) is 0 Å². The number of carbonyl (C=O) groups excluding carboxylic acids is 1. The second-order valence-electron chi connectivity index (χ2n) is 7.79. The second kappa shape index (κ2) is 7.55. The smallest absolute Gasteiger partial charge is 0.225 e. The van der Waals surface area contributed by atoms with Crippen molar-refractivity contribution in [3.8, 4) is 11.3 Å². The fourth-order valence-corrected chi connectivity index (χ4v) is 4.12. The first kappa shape index (κ1) is 17.8. The Balaban J connectivity index is 1.66. The molecule has 0 spiro atoms. The quantitative estimate of drug-likeness (QED) is 0.650. The number of amides is 1. The number of nitrogens with one attached hydrogen (secondary N) is 1. The zero-order valence-corrected chi connectivity index (χ0v) is 16.2. The van der Waals surface area contributed by atoms with E-state index in [1.165, 1.54) is 25.7 Å². The molecule has 0 unspecified atom stereocenters. The van der Waals surface area contributed by atoms with Gasteiger partial charge in [0.05, 0.1) is 0 Å². The summed E-state index contributed by atoms with van der Waals surface area (Å²) in [6, 6.07) is 12.3. The summed E-state index contributed by atoms with van der Waals surface area (Å²) in [7, 11) is 0. The van der Waals surface area contributed by atoms with E-state index in [4.69, 9.17) is 4.98 Å². The second-order valence-corrected chi connectivity index (χ2v) is 7.79. The number of aryl methyl sites for hydroxylation is 2. The Morgan fingerprint density at radius 2 is 1.96 bits per heavy atom. The minimum absolute atomic E-state index is 0.0825. The van der Waals surface area contributed by atoms with E-state index < -0.39 is 0 Å². The molecule has 1 fully saturated rings. The van der Waals surface area contributed by atoms with E-state index in [2.05, 4.69) is 37.4 Å². The highest BCUT2D eigenvalue weighted by atomic mass is 16.1. The molecule has 1 N–H and O–H groups in total. The van der Waals surface area contributed by atoms with Gasteiger partial charge in [0.25, 0.3) is 0 Å². The normalized spacial score (nSPS) is 14.7. The van der Waals surface area contributed by atoms with Crippen molar-refractivity contribution >= 4 is 17.4 Å². The Morgan fingerprint density at radius 1 is 1.19 bits per heavy atom. The molecule has 2 aromatic heterocycles. The predicted octanol–water partition coefficient (Wildman–Crippen LogP) is 5.53. The molecule has 1 aromatic carbocycles. The SMILES string of the molecule is Cc1ccn2c(NC(=O)CCC3CCCC3)c(-c3ccccc3C)nc2c1. The molecule has 2 heterocycles. The van der Waals surface area contributed by atoms with Crippen LogP contribution in [0.5, 0.6) is 0 Å². The number of hydrogen-bond donors (Lipinski definition) is 1. The molecule has 0 bridgehead atoms. The van der Waals surface area contributed by atoms with Crippen molar-refractivity contribution in [3.63, 3.8) is 0 Å². The van der Waals surface area contributed by atoms with Crippen molar-refractivity contribution in [2.45, 2.75) is 52.4 Å². The number of fused-ring (bicyclic) bond motifs is 1. The van der Waals surface area contributed by atoms with Crippen LogP contribution in [0.2, 0.25) is 0 Å². The Labute approximate surface area is 160 Å². The van der Waals surface area contributed by atoms with Crippen molar-refractivity contribution < 1.29 is 4.79 Å². The van der Waals surface area contributed by atoms with Crippen LogP contribution < -0.4 is 5.32 Å². The van der Waals surface area contributed by atoms with Crippen molar-refractivity contribution in [2.24, 2.45) is 5.92 Å². The lowest BCUT2D eigenvalue weighted by Gasteiger charge is -2.11. The van der Waals surface area contributed by atoms with E-state index in [0.29, 0.717) is 6.42 Å². The number of carbonyl (C=O) groups is 1. The molecule has 4 nitrogen and oxygen atoms in total. The minimum Gasteiger partial charge on any atom is -0.310 e. The van der Waals surface area contributed by atoms with E-state index in [1.807, 2.05) is 28.8 Å². The minimum atomic E-state index is 0.0825. The Bertz CT molecular complexity index is 967. The molecule has 140 valence electrons. The monoisotopic (exact) mass is 361 g/mol. The summed E-state index contributed by atoms with van der Waals surface area (Å²) in [6.45, 7) is 4.14. The van der Waals surface area contributed by atoms with Crippen LogP contribution >= 0.6 is 0 Å². The van der Waals surface area contributed by atoms with Crippen molar-refractivity contribution in [1.29, 1.82) is 0 Å². The van der Waals surface area contributed by atoms with Crippen LogP contribution in [0.1, 0.15) is 49.7 Å². The molecule has 0 radical (unpaired) electrons. The highest BCUT2D eigenvalue weighted by molar-refractivity contribution is 5.95. The molecule has 1 saturated carbocycles. The first-order valence-corrected chi connectivity index (χ1v) is 9.96. The maximum Gasteiger partial charge on any atom is 0.225 e. The number of benzene rings is 1. The van der Waals surface area contributed by atoms with Crippen LogP contribution in [0.4, 0.5) is 5.82 Å². The lowest BCUT2D eigenvalue weighted by molar-refractivity contribution is -0.116. The van der Waals surface area contributed by atoms with E-state index in [-0.39, 0.29) is 5.91 Å². The predicted molar refractivity (Wildman–Crippen MR) is 110 cm³/mol. The maximum absolute atomic E-state index is 12.7. The molecule has 27 heavy (non-hydrogen) atoms. The van der Waals surface area contributed by atoms with Crippen molar-refractivity contribution in [2.75, 3.05) is 5.32 Å². The van der Waals surface area contributed by atoms with Crippen molar-refractivity contribution in [3.05, 3.63) is 53.7 Å². The van der Waals surface area contributed by atoms with Crippen LogP contribution in [-0.4, -0.2) is 15.3 Å². The van der Waals surface area contributed by atoms with Gasteiger partial charge in [0, 0.05) is 18.2 Å². The number of pyridine rings is 1. The number of nitrogens with zero attached hydrogens (tertiary/aromatic N) is 2. The number of anilines is 1. The first-order chi connectivity index (χ1) is 13.1. The van der Waals surface area contributed by atoms with Gasteiger partial charge < -0.3 is 5.32 Å². The molecular formula is C23H27N3O. The van der Waals surface area contributed by atoms with E-state index in [0.717, 1.165) is 46.2 Å². The Morgan fingerprint density at radius 3 is 2.74 bits per heavy atom. The van der Waals surface area contributed by atoms with Gasteiger partial charge in [-0.05, 0) is 49.4 Å². The van der Waals surface area contributed by atoms with Gasteiger partial charge >= 0.3 is 0 Å². The summed E-state index contributed by atoms with van der Waals surface area (Å²) < 4.78 is 1.99. The van der Waals surface area contributed by atoms with E-state index >= 15 is 0 Å². The Hall–Kier alpha value is -2.62. The summed E-state index contributed by atoms with van der Waals surface area (Å²) >= 11 is 0. The average molecular weight is 361 g/mol. The van der Waals surface area contributed by atoms with Gasteiger partial charge in [-0.25, -0.2) is 4.98 Å². The molecular weight excluding hydrogens is 334 g/mol. The first-order valence-electron chi connectivity index (χ1n) is 9.96. The van der Waals surface area contributed by atoms with Crippen LogP contribution in [0.15, 0.2) is 42.6 Å². The zero-order chi connectivity index (χ0) is 18.8. The summed E-state index contributed by atoms with van der Waals surface area (Å²) in [6.07, 6.45) is 8.74. The molecule has 1 aliphatic carbocycles. The van der Waals surface area contributed by atoms with E-state index in [9.17, 15) is 4.79 Å². The lowest BCUT2D eigenvalue weighted by atomic mass is 10.0. The highest BCUT2D eigenvalue weighted by Gasteiger charge is 2.20. The van der Waals surface area contributed by atoms with Gasteiger partial charge in [-0.2, -0.15) is 0 Å². The fourth-order valence-electron chi connectivity index (χ4n) is 4.12. The molecule has 1 amide bonds. The fraction of sp³-hybridized carbons (Fsp3) is 0.391. The third-order valence-corrected chi connectivity index (χ3v) is 5.69. The van der Waals surface area contributed by atoms with Crippen LogP contribution in [0.25, 0.3) is 16.9 Å². The van der Waals surface area contributed by atoms with Gasteiger partial charge in [-0.1, -0.05) is 49.9 Å². The number of rotatable bonds is 5. The van der Waals surface area contributed by atoms with Gasteiger partial charge in [0.15, 0.2) is 0 Å². The average Bonchev–Trinajstić information content (AvgIpc) is 3.28. The van der Waals surface area contributed by atoms with Crippen LogP contribution in [-0.2, 0) is 4.79 Å². The third-order valence-electron chi connectivity index (χ3n) is 5.69. The summed E-state index contributed by atoms with van der Waals surface area (Å²) in [5, 5.41) is 3.16. The summed E-state index contributed by atoms with van der Waals surface area (Å²) in [4.78, 5) is 17.5. The maximum atomic E-state index is 12.7. The zero-order valence-electron chi connectivity index (χ0n) is 16.2. The number of hydrogen-bond acceptors (Lipinski definition) is 2. The molecule has 0 saturated heterocycles. The highest BCUT2D eigenvalue weighted by Crippen LogP contribution is 2.32. The van der Waals surface area contributed by atoms with Gasteiger partial charge in [0.2, 0.25) is 5.91 Å². The van der Waals surface area contributed by atoms with Gasteiger partial charge in [-0.15, -0.1) is 0 Å². The van der Waals surface area contributed by atoms with Crippen LogP contribution in [0.3, 0.4) is 0 Å². The van der Waals surface area contributed by atoms with Gasteiger partial charge in [-0.3, -0.25) is 9.20 Å². The number of imidazole rings is 1. The molecule has 0 atom stereocenters. The van der Waals surface area contributed by atoms with Crippen LogP contribution in [0, 0.1) is 19.8 Å². The van der Waals surface area contributed by atoms with Crippen molar-refractivity contribution in [1.82, 2.24) is 9.38 Å². The Kier molecular flexibility index (Phi) is 4.97. The number of aromatic nitrogens is 2.